The van der Waals surface area contributed by atoms with Gasteiger partial charge in [0.2, 0.25) is 0 Å². The Morgan fingerprint density at radius 1 is 0.321 bits per heavy atom. The van der Waals surface area contributed by atoms with Crippen LogP contribution in [0.3, 0.4) is 0 Å². The van der Waals surface area contributed by atoms with Gasteiger partial charge in [-0.3, -0.25) is 0 Å². The molecule has 0 aliphatic rings. The second-order valence-electron chi connectivity index (χ2n) is 14.5. The van der Waals surface area contributed by atoms with Gasteiger partial charge in [0.25, 0.3) is 0 Å². The number of hydrogen-bond acceptors (Lipinski definition) is 2. The Kier molecular flexibility index (Phi) is 7.53. The lowest BCUT2D eigenvalue weighted by molar-refractivity contribution is 0.673. The molecule has 2 nitrogen and oxygen atoms in total. The zero-order valence-corrected chi connectivity index (χ0v) is 30.6. The molecule has 0 radical (unpaired) electrons. The maximum atomic E-state index is 6.65. The van der Waals surface area contributed by atoms with Crippen molar-refractivity contribution in [2.24, 2.45) is 0 Å². The zero-order valence-electron chi connectivity index (χ0n) is 30.6. The maximum absolute atomic E-state index is 6.65. The third-order valence-electron chi connectivity index (χ3n) is 11.2. The number of nitrogens with zero attached hydrogens (tertiary/aromatic N) is 1. The molecule has 0 saturated carbocycles. The van der Waals surface area contributed by atoms with Crippen molar-refractivity contribution < 1.29 is 4.42 Å². The normalized spacial score (nSPS) is 11.6. The number of hydrogen-bond donors (Lipinski definition) is 0. The fourth-order valence-corrected chi connectivity index (χ4v) is 8.53. The third-order valence-corrected chi connectivity index (χ3v) is 11.2. The number of fused-ring (bicyclic) bond motifs is 7. The van der Waals surface area contributed by atoms with Crippen LogP contribution in [0.4, 0.5) is 17.1 Å². The van der Waals surface area contributed by atoms with Gasteiger partial charge in [-0.15, -0.1) is 0 Å². The van der Waals surface area contributed by atoms with Crippen LogP contribution >= 0.6 is 0 Å². The van der Waals surface area contributed by atoms with Gasteiger partial charge in [0.1, 0.15) is 11.2 Å². The SMILES string of the molecule is c1ccc(N(c2ccc(-c3ccc4ccccc4c3)cc2)c2ccc(-c3cccc4ccccc34)cc2)c(-c2cc3ccccc3c3oc4ccccc4c23)c1. The van der Waals surface area contributed by atoms with E-state index in [0.29, 0.717) is 0 Å². The van der Waals surface area contributed by atoms with Crippen LogP contribution in [0.15, 0.2) is 217 Å². The van der Waals surface area contributed by atoms with Crippen molar-refractivity contribution in [3.63, 3.8) is 0 Å². The Morgan fingerprint density at radius 2 is 0.893 bits per heavy atom. The summed E-state index contributed by atoms with van der Waals surface area (Å²) < 4.78 is 6.65. The first-order valence-electron chi connectivity index (χ1n) is 19.2. The molecule has 262 valence electrons. The average molecular weight is 714 g/mol. The Hall–Kier alpha value is -7.42. The molecular weight excluding hydrogens is 679 g/mol. The Bertz CT molecular complexity index is 3240. The summed E-state index contributed by atoms with van der Waals surface area (Å²) in [5.41, 5.74) is 12.1. The van der Waals surface area contributed by atoms with E-state index in [2.05, 4.69) is 211 Å². The molecule has 11 rings (SSSR count). The lowest BCUT2D eigenvalue weighted by Gasteiger charge is -2.28. The van der Waals surface area contributed by atoms with Gasteiger partial charge in [-0.1, -0.05) is 164 Å². The molecule has 0 aliphatic heterocycles. The van der Waals surface area contributed by atoms with Gasteiger partial charge in [0.05, 0.1) is 5.69 Å². The predicted octanol–water partition coefficient (Wildman–Crippen LogP) is 15.5. The summed E-state index contributed by atoms with van der Waals surface area (Å²) in [6, 6.07) is 76.5. The van der Waals surface area contributed by atoms with Crippen molar-refractivity contribution in [1.29, 1.82) is 0 Å². The summed E-state index contributed by atoms with van der Waals surface area (Å²) >= 11 is 0. The van der Waals surface area contributed by atoms with Gasteiger partial charge in [-0.2, -0.15) is 0 Å². The molecule has 56 heavy (non-hydrogen) atoms. The first-order chi connectivity index (χ1) is 27.8. The summed E-state index contributed by atoms with van der Waals surface area (Å²) in [6.07, 6.45) is 0. The van der Waals surface area contributed by atoms with Crippen molar-refractivity contribution in [3.8, 4) is 33.4 Å². The van der Waals surface area contributed by atoms with E-state index >= 15 is 0 Å². The van der Waals surface area contributed by atoms with E-state index in [-0.39, 0.29) is 0 Å². The summed E-state index contributed by atoms with van der Waals surface area (Å²) in [7, 11) is 0. The first-order valence-corrected chi connectivity index (χ1v) is 19.2. The van der Waals surface area contributed by atoms with Crippen molar-refractivity contribution >= 4 is 71.3 Å². The molecule has 0 amide bonds. The molecule has 1 heterocycles. The molecule has 0 bridgehead atoms. The van der Waals surface area contributed by atoms with Crippen molar-refractivity contribution in [2.75, 3.05) is 4.90 Å². The van der Waals surface area contributed by atoms with Crippen LogP contribution in [0.1, 0.15) is 0 Å². The van der Waals surface area contributed by atoms with E-state index < -0.39 is 0 Å². The molecule has 0 atom stereocenters. The van der Waals surface area contributed by atoms with E-state index in [0.717, 1.165) is 60.9 Å². The van der Waals surface area contributed by atoms with Crippen LogP contribution in [-0.4, -0.2) is 0 Å². The van der Waals surface area contributed by atoms with Crippen LogP contribution in [0.5, 0.6) is 0 Å². The van der Waals surface area contributed by atoms with Crippen LogP contribution < -0.4 is 4.90 Å². The minimum atomic E-state index is 0.891. The molecule has 0 aliphatic carbocycles. The van der Waals surface area contributed by atoms with Gasteiger partial charge in [-0.05, 0) is 103 Å². The predicted molar refractivity (Wildman–Crippen MR) is 237 cm³/mol. The van der Waals surface area contributed by atoms with Gasteiger partial charge in [0, 0.05) is 33.1 Å². The molecule has 0 fully saturated rings. The summed E-state index contributed by atoms with van der Waals surface area (Å²) in [6.45, 7) is 0. The number of para-hydroxylation sites is 2. The second-order valence-corrected chi connectivity index (χ2v) is 14.5. The molecule has 0 spiro atoms. The quantitative estimate of drug-likeness (QED) is 0.171. The van der Waals surface area contributed by atoms with E-state index in [9.17, 15) is 0 Å². The van der Waals surface area contributed by atoms with Crippen molar-refractivity contribution in [2.45, 2.75) is 0 Å². The monoisotopic (exact) mass is 713 g/mol. The number of anilines is 3. The average Bonchev–Trinajstić information content (AvgIpc) is 3.67. The first kappa shape index (κ1) is 32.0. The number of benzene rings is 10. The molecule has 11 aromatic rings. The lowest BCUT2D eigenvalue weighted by atomic mass is 9.93. The molecule has 10 aromatic carbocycles. The van der Waals surface area contributed by atoms with Gasteiger partial charge in [-0.25, -0.2) is 0 Å². The van der Waals surface area contributed by atoms with Gasteiger partial charge < -0.3 is 9.32 Å². The molecule has 0 N–H and O–H groups in total. The van der Waals surface area contributed by atoms with E-state index in [1.54, 1.807) is 0 Å². The van der Waals surface area contributed by atoms with Crippen molar-refractivity contribution in [3.05, 3.63) is 212 Å². The van der Waals surface area contributed by atoms with E-state index in [1.165, 1.54) is 43.8 Å². The fraction of sp³-hybridized carbons (Fsp3) is 0. The molecular formula is C54H35NO. The molecule has 0 unspecified atom stereocenters. The second kappa shape index (κ2) is 13.2. The third kappa shape index (κ3) is 5.34. The van der Waals surface area contributed by atoms with Gasteiger partial charge in [0.15, 0.2) is 0 Å². The van der Waals surface area contributed by atoms with Crippen LogP contribution in [0, 0.1) is 0 Å². The zero-order chi connectivity index (χ0) is 37.0. The van der Waals surface area contributed by atoms with E-state index in [1.807, 2.05) is 6.07 Å². The highest BCUT2D eigenvalue weighted by molar-refractivity contribution is 6.22. The lowest BCUT2D eigenvalue weighted by Crippen LogP contribution is -2.11. The number of rotatable bonds is 6. The van der Waals surface area contributed by atoms with E-state index in [4.69, 9.17) is 4.42 Å². The maximum Gasteiger partial charge on any atom is 0.143 e. The van der Waals surface area contributed by atoms with Crippen LogP contribution in [0.25, 0.3) is 87.6 Å². The van der Waals surface area contributed by atoms with Crippen LogP contribution in [-0.2, 0) is 0 Å². The molecule has 1 aromatic heterocycles. The largest absolute Gasteiger partial charge is 0.455 e. The summed E-state index contributed by atoms with van der Waals surface area (Å²) in [5, 5.41) is 9.49. The highest BCUT2D eigenvalue weighted by Crippen LogP contribution is 2.47. The Balaban J connectivity index is 1.11. The minimum Gasteiger partial charge on any atom is -0.455 e. The Labute approximate surface area is 325 Å². The standard InChI is InChI=1S/C54H35NO/c1-2-14-40-34-41(25-24-36(40)12-1)37-26-30-43(31-27-37)55(44-32-28-39(29-33-44)46-21-11-16-38-13-3-5-17-45(38)46)51-22-9-7-19-48(51)50-35-42-15-4-6-18-47(42)54-53(50)49-20-8-10-23-52(49)56-54/h1-35H. The van der Waals surface area contributed by atoms with Crippen molar-refractivity contribution in [1.82, 2.24) is 0 Å². The van der Waals surface area contributed by atoms with Gasteiger partial charge >= 0.3 is 0 Å². The summed E-state index contributed by atoms with van der Waals surface area (Å²) in [5.74, 6) is 0. The number of furan rings is 1. The topological polar surface area (TPSA) is 16.4 Å². The highest BCUT2D eigenvalue weighted by atomic mass is 16.3. The molecule has 0 saturated heterocycles. The molecule has 2 heteroatoms. The Morgan fingerprint density at radius 3 is 1.70 bits per heavy atom. The fourth-order valence-electron chi connectivity index (χ4n) is 8.53. The summed E-state index contributed by atoms with van der Waals surface area (Å²) in [4.78, 5) is 2.40. The minimum absolute atomic E-state index is 0.891. The highest BCUT2D eigenvalue weighted by Gasteiger charge is 2.22. The smallest absolute Gasteiger partial charge is 0.143 e. The van der Waals surface area contributed by atoms with Crippen LogP contribution in [0.2, 0.25) is 0 Å².